The summed E-state index contributed by atoms with van der Waals surface area (Å²) in [4.78, 5) is 22.3. The van der Waals surface area contributed by atoms with Crippen LogP contribution >= 0.6 is 0 Å². The number of nitrogens with zero attached hydrogens (tertiary/aromatic N) is 3. The molecular formula is C18H12N4O3. The van der Waals surface area contributed by atoms with E-state index in [1.165, 1.54) is 12.1 Å². The van der Waals surface area contributed by atoms with Crippen LogP contribution in [0.4, 0.5) is 5.69 Å². The number of imidazole rings is 1. The number of H-pyrrole nitrogens is 1. The molecule has 4 rings (SSSR count). The van der Waals surface area contributed by atoms with Crippen LogP contribution in [-0.4, -0.2) is 19.9 Å². The van der Waals surface area contributed by atoms with Crippen LogP contribution in [0.3, 0.4) is 0 Å². The molecule has 0 aliphatic heterocycles. The Morgan fingerprint density at radius 3 is 2.56 bits per heavy atom. The van der Waals surface area contributed by atoms with Gasteiger partial charge in [-0.3, -0.25) is 15.1 Å². The molecule has 0 aliphatic rings. The van der Waals surface area contributed by atoms with Gasteiger partial charge in [0.15, 0.2) is 5.82 Å². The van der Waals surface area contributed by atoms with Crippen molar-refractivity contribution in [3.8, 4) is 23.0 Å². The fraction of sp³-hybridized carbons (Fsp3) is 0. The second-order valence-corrected chi connectivity index (χ2v) is 5.33. The molecule has 4 aromatic rings. The molecule has 0 amide bonds. The third-order valence-electron chi connectivity index (χ3n) is 3.65. The number of nitro benzene ring substituents is 1. The first kappa shape index (κ1) is 14.8. The number of aromatic amines is 1. The van der Waals surface area contributed by atoms with Crippen LogP contribution in [0.2, 0.25) is 0 Å². The molecular weight excluding hydrogens is 320 g/mol. The van der Waals surface area contributed by atoms with E-state index in [0.717, 1.165) is 11.0 Å². The normalized spacial score (nSPS) is 10.7. The Morgan fingerprint density at radius 2 is 1.80 bits per heavy atom. The molecule has 0 aliphatic carbocycles. The van der Waals surface area contributed by atoms with E-state index in [1.54, 1.807) is 30.5 Å². The predicted octanol–water partition coefficient (Wildman–Crippen LogP) is 4.33. The van der Waals surface area contributed by atoms with Gasteiger partial charge < -0.3 is 9.72 Å². The zero-order valence-electron chi connectivity index (χ0n) is 12.9. The second-order valence-electron chi connectivity index (χ2n) is 5.33. The standard InChI is InChI=1S/C18H12N4O3/c23-22(24)12-5-7-13(8-6-12)25-14-9-10-19-17(11-14)18-20-15-3-1-2-4-16(15)21-18/h1-11H,(H,20,21). The van der Waals surface area contributed by atoms with Crippen molar-refractivity contribution in [1.82, 2.24) is 15.0 Å². The number of rotatable bonds is 4. The number of non-ortho nitro benzene ring substituents is 1. The smallest absolute Gasteiger partial charge is 0.269 e. The highest BCUT2D eigenvalue weighted by atomic mass is 16.6. The maximum absolute atomic E-state index is 10.7. The van der Waals surface area contributed by atoms with Crippen LogP contribution in [-0.2, 0) is 0 Å². The summed E-state index contributed by atoms with van der Waals surface area (Å²) in [7, 11) is 0. The van der Waals surface area contributed by atoms with Gasteiger partial charge in [0.05, 0.1) is 16.0 Å². The van der Waals surface area contributed by atoms with E-state index >= 15 is 0 Å². The van der Waals surface area contributed by atoms with Crippen molar-refractivity contribution in [2.75, 3.05) is 0 Å². The molecule has 0 fully saturated rings. The Morgan fingerprint density at radius 1 is 1.00 bits per heavy atom. The molecule has 0 radical (unpaired) electrons. The molecule has 0 saturated carbocycles. The number of ether oxygens (including phenoxy) is 1. The minimum absolute atomic E-state index is 0.0186. The molecule has 0 bridgehead atoms. The van der Waals surface area contributed by atoms with Gasteiger partial charge in [-0.25, -0.2) is 4.98 Å². The summed E-state index contributed by atoms with van der Waals surface area (Å²) in [5.41, 5.74) is 2.46. The molecule has 2 aromatic carbocycles. The SMILES string of the molecule is O=[N+]([O-])c1ccc(Oc2ccnc(-c3nc4ccccc4[nH]3)c2)cc1. The summed E-state index contributed by atoms with van der Waals surface area (Å²) >= 11 is 0. The third kappa shape index (κ3) is 3.02. The second kappa shape index (κ2) is 6.04. The number of para-hydroxylation sites is 2. The van der Waals surface area contributed by atoms with Crippen molar-refractivity contribution in [2.45, 2.75) is 0 Å². The molecule has 25 heavy (non-hydrogen) atoms. The summed E-state index contributed by atoms with van der Waals surface area (Å²) in [6, 6.07) is 17.1. The van der Waals surface area contributed by atoms with Crippen molar-refractivity contribution in [3.63, 3.8) is 0 Å². The van der Waals surface area contributed by atoms with Crippen molar-refractivity contribution in [1.29, 1.82) is 0 Å². The largest absolute Gasteiger partial charge is 0.457 e. The van der Waals surface area contributed by atoms with Crippen molar-refractivity contribution >= 4 is 16.7 Å². The Kier molecular flexibility index (Phi) is 3.59. The maximum Gasteiger partial charge on any atom is 0.269 e. The number of pyridine rings is 1. The van der Waals surface area contributed by atoms with Gasteiger partial charge in [-0.15, -0.1) is 0 Å². The van der Waals surface area contributed by atoms with Crippen LogP contribution in [0.1, 0.15) is 0 Å². The van der Waals surface area contributed by atoms with Crippen LogP contribution in [0, 0.1) is 10.1 Å². The lowest BCUT2D eigenvalue weighted by Crippen LogP contribution is -1.90. The molecule has 7 heteroatoms. The van der Waals surface area contributed by atoms with Gasteiger partial charge in [0, 0.05) is 24.4 Å². The van der Waals surface area contributed by atoms with E-state index in [0.29, 0.717) is 23.0 Å². The summed E-state index contributed by atoms with van der Waals surface area (Å²) in [6.45, 7) is 0. The van der Waals surface area contributed by atoms with E-state index in [9.17, 15) is 10.1 Å². The first-order valence-corrected chi connectivity index (χ1v) is 7.52. The predicted molar refractivity (Wildman–Crippen MR) is 92.5 cm³/mol. The van der Waals surface area contributed by atoms with E-state index in [-0.39, 0.29) is 5.69 Å². The Labute approximate surface area is 142 Å². The lowest BCUT2D eigenvalue weighted by atomic mass is 10.3. The lowest BCUT2D eigenvalue weighted by Gasteiger charge is -2.06. The fourth-order valence-electron chi connectivity index (χ4n) is 2.45. The maximum atomic E-state index is 10.7. The Bertz CT molecular complexity index is 1020. The molecule has 1 N–H and O–H groups in total. The first-order valence-electron chi connectivity index (χ1n) is 7.52. The van der Waals surface area contributed by atoms with Gasteiger partial charge in [-0.2, -0.15) is 0 Å². The Balaban J connectivity index is 1.61. The molecule has 7 nitrogen and oxygen atoms in total. The molecule has 2 aromatic heterocycles. The average Bonchev–Trinajstić information content (AvgIpc) is 3.07. The molecule has 2 heterocycles. The number of hydrogen-bond acceptors (Lipinski definition) is 5. The Hall–Kier alpha value is -3.74. The number of nitrogens with one attached hydrogen (secondary N) is 1. The summed E-state index contributed by atoms with van der Waals surface area (Å²) in [5, 5.41) is 10.7. The van der Waals surface area contributed by atoms with Crippen molar-refractivity contribution in [3.05, 3.63) is 77.0 Å². The summed E-state index contributed by atoms with van der Waals surface area (Å²) in [6.07, 6.45) is 1.63. The van der Waals surface area contributed by atoms with Gasteiger partial charge in [-0.05, 0) is 30.3 Å². The molecule has 0 atom stereocenters. The third-order valence-corrected chi connectivity index (χ3v) is 3.65. The number of benzene rings is 2. The van der Waals surface area contributed by atoms with Gasteiger partial charge in [0.2, 0.25) is 0 Å². The number of fused-ring (bicyclic) bond motifs is 1. The number of aromatic nitrogens is 3. The zero-order valence-corrected chi connectivity index (χ0v) is 12.9. The average molecular weight is 332 g/mol. The van der Waals surface area contributed by atoms with E-state index in [4.69, 9.17) is 4.74 Å². The zero-order chi connectivity index (χ0) is 17.2. The van der Waals surface area contributed by atoms with Crippen LogP contribution in [0.5, 0.6) is 11.5 Å². The number of nitro groups is 1. The fourth-order valence-corrected chi connectivity index (χ4v) is 2.45. The van der Waals surface area contributed by atoms with Crippen LogP contribution < -0.4 is 4.74 Å². The number of hydrogen-bond donors (Lipinski definition) is 1. The monoisotopic (exact) mass is 332 g/mol. The van der Waals surface area contributed by atoms with Gasteiger partial charge in [0.1, 0.15) is 17.2 Å². The summed E-state index contributed by atoms with van der Waals surface area (Å²) in [5.74, 6) is 1.72. The first-order chi connectivity index (χ1) is 12.2. The van der Waals surface area contributed by atoms with E-state index in [2.05, 4.69) is 15.0 Å². The highest BCUT2D eigenvalue weighted by Crippen LogP contribution is 2.26. The molecule has 0 spiro atoms. The van der Waals surface area contributed by atoms with Crippen LogP contribution in [0.15, 0.2) is 66.9 Å². The summed E-state index contributed by atoms with van der Waals surface area (Å²) < 4.78 is 5.75. The van der Waals surface area contributed by atoms with Gasteiger partial charge >= 0.3 is 0 Å². The van der Waals surface area contributed by atoms with Crippen LogP contribution in [0.25, 0.3) is 22.6 Å². The van der Waals surface area contributed by atoms with Gasteiger partial charge in [-0.1, -0.05) is 12.1 Å². The van der Waals surface area contributed by atoms with Crippen molar-refractivity contribution in [2.24, 2.45) is 0 Å². The topological polar surface area (TPSA) is 93.9 Å². The minimum atomic E-state index is -0.449. The molecule has 0 unspecified atom stereocenters. The highest BCUT2D eigenvalue weighted by molar-refractivity contribution is 5.78. The van der Waals surface area contributed by atoms with Crippen molar-refractivity contribution < 1.29 is 9.66 Å². The van der Waals surface area contributed by atoms with E-state index in [1.807, 2.05) is 24.3 Å². The quantitative estimate of drug-likeness (QED) is 0.443. The van der Waals surface area contributed by atoms with E-state index < -0.39 is 4.92 Å². The lowest BCUT2D eigenvalue weighted by molar-refractivity contribution is -0.384. The highest BCUT2D eigenvalue weighted by Gasteiger charge is 2.09. The molecule has 0 saturated heterocycles. The minimum Gasteiger partial charge on any atom is -0.457 e. The molecule has 122 valence electrons. The van der Waals surface area contributed by atoms with Gasteiger partial charge in [0.25, 0.3) is 5.69 Å².